The number of anilines is 1. The average Bonchev–Trinajstić information content (AvgIpc) is 2.88. The van der Waals surface area contributed by atoms with Gasteiger partial charge < -0.3 is 5.32 Å². The summed E-state index contributed by atoms with van der Waals surface area (Å²) < 4.78 is 0. The lowest BCUT2D eigenvalue weighted by Gasteiger charge is -2.06. The molecule has 5 heteroatoms. The fourth-order valence-electron chi connectivity index (χ4n) is 1.78. The van der Waals surface area contributed by atoms with Crippen LogP contribution in [0.25, 0.3) is 21.6 Å². The highest BCUT2D eigenvalue weighted by Crippen LogP contribution is 2.27. The molecule has 1 N–H and O–H groups in total. The van der Waals surface area contributed by atoms with Gasteiger partial charge in [-0.1, -0.05) is 0 Å². The average molecular weight is 256 g/mol. The molecule has 0 aliphatic rings. The molecule has 0 atom stereocenters. The fourth-order valence-corrected chi connectivity index (χ4v) is 2.55. The van der Waals surface area contributed by atoms with Crippen molar-refractivity contribution in [1.29, 1.82) is 0 Å². The first-order valence-corrected chi connectivity index (χ1v) is 6.66. The van der Waals surface area contributed by atoms with Gasteiger partial charge >= 0.3 is 0 Å². The Hall–Kier alpha value is -2.01. The largest absolute Gasteiger partial charge is 0.370 e. The third-order valence-electron chi connectivity index (χ3n) is 2.59. The summed E-state index contributed by atoms with van der Waals surface area (Å²) in [5, 5.41) is 6.40. The number of nitrogens with zero attached hydrogens (tertiary/aromatic N) is 3. The number of fused-ring (bicyclic) bond motifs is 1. The van der Waals surface area contributed by atoms with Crippen LogP contribution in [-0.4, -0.2) is 21.5 Å². The van der Waals surface area contributed by atoms with E-state index < -0.39 is 0 Å². The molecule has 0 saturated carbocycles. The molecule has 0 aliphatic heterocycles. The number of rotatable bonds is 3. The van der Waals surface area contributed by atoms with E-state index in [-0.39, 0.29) is 0 Å². The Bertz CT molecular complexity index is 663. The minimum Gasteiger partial charge on any atom is -0.370 e. The molecule has 0 bridgehead atoms. The maximum absolute atomic E-state index is 4.58. The first kappa shape index (κ1) is 11.1. The van der Waals surface area contributed by atoms with Crippen molar-refractivity contribution < 1.29 is 0 Å². The molecular formula is C13H12N4S. The van der Waals surface area contributed by atoms with Gasteiger partial charge in [0.2, 0.25) is 0 Å². The summed E-state index contributed by atoms with van der Waals surface area (Å²) in [6.45, 7) is 2.90. The van der Waals surface area contributed by atoms with Crippen LogP contribution in [0.4, 0.5) is 5.82 Å². The van der Waals surface area contributed by atoms with Gasteiger partial charge in [-0.05, 0) is 30.5 Å². The summed E-state index contributed by atoms with van der Waals surface area (Å²) in [6.07, 6.45) is 3.53. The maximum Gasteiger partial charge on any atom is 0.164 e. The van der Waals surface area contributed by atoms with Crippen molar-refractivity contribution in [3.05, 3.63) is 36.0 Å². The Morgan fingerprint density at radius 3 is 3.00 bits per heavy atom. The number of nitrogens with one attached hydrogen (secondary N) is 1. The Morgan fingerprint density at radius 2 is 2.22 bits per heavy atom. The summed E-state index contributed by atoms with van der Waals surface area (Å²) in [7, 11) is 0. The van der Waals surface area contributed by atoms with Crippen LogP contribution in [0, 0.1) is 0 Å². The summed E-state index contributed by atoms with van der Waals surface area (Å²) in [4.78, 5) is 14.3. The molecule has 0 unspecified atom stereocenters. The predicted octanol–water partition coefficient (Wildman–Crippen LogP) is 3.19. The van der Waals surface area contributed by atoms with Crippen molar-refractivity contribution in [2.75, 3.05) is 11.9 Å². The van der Waals surface area contributed by atoms with E-state index in [1.165, 1.54) is 0 Å². The third kappa shape index (κ3) is 1.93. The van der Waals surface area contributed by atoms with E-state index in [2.05, 4.69) is 27.2 Å². The normalized spacial score (nSPS) is 10.7. The molecule has 0 aliphatic carbocycles. The smallest absolute Gasteiger partial charge is 0.164 e. The van der Waals surface area contributed by atoms with Gasteiger partial charge in [0, 0.05) is 24.5 Å². The zero-order chi connectivity index (χ0) is 12.4. The lowest BCUT2D eigenvalue weighted by Crippen LogP contribution is -2.01. The maximum atomic E-state index is 4.58. The van der Waals surface area contributed by atoms with Gasteiger partial charge in [0.25, 0.3) is 0 Å². The third-order valence-corrected chi connectivity index (χ3v) is 3.40. The van der Waals surface area contributed by atoms with E-state index in [0.717, 1.165) is 28.1 Å². The van der Waals surface area contributed by atoms with Crippen molar-refractivity contribution in [3.63, 3.8) is 0 Å². The van der Waals surface area contributed by atoms with E-state index in [1.807, 2.05) is 23.6 Å². The Labute approximate surface area is 109 Å². The quantitative estimate of drug-likeness (QED) is 0.782. The highest BCUT2D eigenvalue weighted by Gasteiger charge is 2.09. The molecule has 3 aromatic rings. The van der Waals surface area contributed by atoms with Gasteiger partial charge in [0.15, 0.2) is 5.82 Å². The topological polar surface area (TPSA) is 50.7 Å². The molecule has 0 aromatic carbocycles. The molecule has 4 nitrogen and oxygen atoms in total. The van der Waals surface area contributed by atoms with Crippen molar-refractivity contribution in [3.8, 4) is 11.4 Å². The number of pyridine rings is 1. The molecule has 0 spiro atoms. The van der Waals surface area contributed by atoms with E-state index in [9.17, 15) is 0 Å². The highest BCUT2D eigenvalue weighted by atomic mass is 32.1. The first-order chi connectivity index (χ1) is 8.88. The van der Waals surface area contributed by atoms with Gasteiger partial charge in [-0.2, -0.15) is 0 Å². The van der Waals surface area contributed by atoms with Crippen LogP contribution in [0.15, 0.2) is 36.0 Å². The molecule has 3 aromatic heterocycles. The van der Waals surface area contributed by atoms with E-state index >= 15 is 0 Å². The summed E-state index contributed by atoms with van der Waals surface area (Å²) in [6, 6.07) is 5.91. The fraction of sp³-hybridized carbons (Fsp3) is 0.154. The zero-order valence-electron chi connectivity index (χ0n) is 9.92. The van der Waals surface area contributed by atoms with Crippen molar-refractivity contribution in [1.82, 2.24) is 15.0 Å². The van der Waals surface area contributed by atoms with Crippen LogP contribution < -0.4 is 5.32 Å². The van der Waals surface area contributed by atoms with Crippen LogP contribution in [0.1, 0.15) is 6.92 Å². The van der Waals surface area contributed by atoms with Crippen molar-refractivity contribution >= 4 is 27.4 Å². The summed E-state index contributed by atoms with van der Waals surface area (Å²) >= 11 is 1.62. The molecule has 0 amide bonds. The number of hydrogen-bond donors (Lipinski definition) is 1. The molecule has 0 saturated heterocycles. The monoisotopic (exact) mass is 256 g/mol. The molecule has 3 rings (SSSR count). The molecule has 90 valence electrons. The molecule has 18 heavy (non-hydrogen) atoms. The van der Waals surface area contributed by atoms with Crippen LogP contribution in [0.2, 0.25) is 0 Å². The summed E-state index contributed by atoms with van der Waals surface area (Å²) in [5.74, 6) is 1.61. The van der Waals surface area contributed by atoms with Crippen LogP contribution in [0.3, 0.4) is 0 Å². The first-order valence-electron chi connectivity index (χ1n) is 5.78. The van der Waals surface area contributed by atoms with Gasteiger partial charge in [-0.3, -0.25) is 4.98 Å². The van der Waals surface area contributed by atoms with Gasteiger partial charge in [0.05, 0.1) is 5.39 Å². The minimum absolute atomic E-state index is 0.717. The van der Waals surface area contributed by atoms with Crippen LogP contribution in [-0.2, 0) is 0 Å². The second kappa shape index (κ2) is 4.70. The number of aromatic nitrogens is 3. The molecule has 3 heterocycles. The summed E-state index contributed by atoms with van der Waals surface area (Å²) in [5.41, 5.74) is 0.937. The molecule has 0 fully saturated rings. The Kier molecular flexibility index (Phi) is 2.90. The lowest BCUT2D eigenvalue weighted by atomic mass is 10.2. The Balaban J connectivity index is 2.19. The van der Waals surface area contributed by atoms with Gasteiger partial charge in [0.1, 0.15) is 10.6 Å². The highest BCUT2D eigenvalue weighted by molar-refractivity contribution is 7.16. The molecular weight excluding hydrogens is 244 g/mol. The predicted molar refractivity (Wildman–Crippen MR) is 74.8 cm³/mol. The SMILES string of the molecule is CCNc1nc(-c2cccnc2)nc2sccc12. The van der Waals surface area contributed by atoms with Crippen LogP contribution in [0.5, 0.6) is 0 Å². The lowest BCUT2D eigenvalue weighted by molar-refractivity contribution is 1.14. The van der Waals surface area contributed by atoms with E-state index in [1.54, 1.807) is 23.7 Å². The second-order valence-corrected chi connectivity index (χ2v) is 4.70. The Morgan fingerprint density at radius 1 is 1.28 bits per heavy atom. The van der Waals surface area contributed by atoms with E-state index in [4.69, 9.17) is 0 Å². The van der Waals surface area contributed by atoms with Crippen molar-refractivity contribution in [2.24, 2.45) is 0 Å². The molecule has 0 radical (unpaired) electrons. The number of thiophene rings is 1. The standard InChI is InChI=1S/C13H12N4S/c1-2-15-12-10-5-7-18-13(10)17-11(16-12)9-4-3-6-14-8-9/h3-8H,2H2,1H3,(H,15,16,17). The minimum atomic E-state index is 0.717. The zero-order valence-corrected chi connectivity index (χ0v) is 10.7. The van der Waals surface area contributed by atoms with Crippen molar-refractivity contribution in [2.45, 2.75) is 6.92 Å². The van der Waals surface area contributed by atoms with Crippen LogP contribution >= 0.6 is 11.3 Å². The number of hydrogen-bond acceptors (Lipinski definition) is 5. The second-order valence-electron chi connectivity index (χ2n) is 3.81. The van der Waals surface area contributed by atoms with Gasteiger partial charge in [-0.15, -0.1) is 11.3 Å². The van der Waals surface area contributed by atoms with Gasteiger partial charge in [-0.25, -0.2) is 9.97 Å². The van der Waals surface area contributed by atoms with E-state index in [0.29, 0.717) is 5.82 Å².